The lowest BCUT2D eigenvalue weighted by atomic mass is 9.82. The van der Waals surface area contributed by atoms with E-state index in [9.17, 15) is 5.11 Å². The SMILES string of the molecule is CCC(CC)CC(O)C(c1ccccc1)c1ccccc1. The summed E-state index contributed by atoms with van der Waals surface area (Å²) in [5, 5.41) is 10.8. The van der Waals surface area contributed by atoms with E-state index >= 15 is 0 Å². The zero-order valence-corrected chi connectivity index (χ0v) is 13.1. The van der Waals surface area contributed by atoms with Crippen molar-refractivity contribution in [1.29, 1.82) is 0 Å². The van der Waals surface area contributed by atoms with Gasteiger partial charge in [0, 0.05) is 5.92 Å². The molecule has 2 aromatic carbocycles. The number of aliphatic hydroxyl groups is 1. The largest absolute Gasteiger partial charge is 0.392 e. The first-order valence-electron chi connectivity index (χ1n) is 8.04. The van der Waals surface area contributed by atoms with Crippen LogP contribution in [0.3, 0.4) is 0 Å². The Kier molecular flexibility index (Phi) is 6.01. The molecule has 0 saturated heterocycles. The molecule has 0 spiro atoms. The fraction of sp³-hybridized carbons (Fsp3) is 0.400. The van der Waals surface area contributed by atoms with Gasteiger partial charge >= 0.3 is 0 Å². The molecule has 0 aromatic heterocycles. The number of hydrogen-bond donors (Lipinski definition) is 1. The van der Waals surface area contributed by atoms with Gasteiger partial charge in [0.25, 0.3) is 0 Å². The van der Waals surface area contributed by atoms with Crippen molar-refractivity contribution < 1.29 is 5.11 Å². The fourth-order valence-corrected chi connectivity index (χ4v) is 3.06. The van der Waals surface area contributed by atoms with Crippen LogP contribution in [0, 0.1) is 5.92 Å². The van der Waals surface area contributed by atoms with Gasteiger partial charge in [0.05, 0.1) is 6.10 Å². The van der Waals surface area contributed by atoms with Gasteiger partial charge in [0.1, 0.15) is 0 Å². The Hall–Kier alpha value is -1.60. The van der Waals surface area contributed by atoms with Crippen LogP contribution in [0.25, 0.3) is 0 Å². The van der Waals surface area contributed by atoms with E-state index in [1.807, 2.05) is 12.1 Å². The first kappa shape index (κ1) is 15.8. The maximum Gasteiger partial charge on any atom is 0.0651 e. The Morgan fingerprint density at radius 1 is 0.762 bits per heavy atom. The highest BCUT2D eigenvalue weighted by atomic mass is 16.3. The summed E-state index contributed by atoms with van der Waals surface area (Å²) in [6.07, 6.45) is 2.79. The summed E-state index contributed by atoms with van der Waals surface area (Å²) in [4.78, 5) is 0. The van der Waals surface area contributed by atoms with Crippen LogP contribution in [0.4, 0.5) is 0 Å². The molecule has 0 saturated carbocycles. The molecular formula is C20H26O. The van der Waals surface area contributed by atoms with Crippen LogP contribution in [0.5, 0.6) is 0 Å². The molecule has 0 aliphatic carbocycles. The third kappa shape index (κ3) is 4.18. The summed E-state index contributed by atoms with van der Waals surface area (Å²) in [7, 11) is 0. The highest BCUT2D eigenvalue weighted by Gasteiger charge is 2.24. The van der Waals surface area contributed by atoms with Crippen LogP contribution < -0.4 is 0 Å². The van der Waals surface area contributed by atoms with Crippen LogP contribution in [-0.4, -0.2) is 11.2 Å². The van der Waals surface area contributed by atoms with Gasteiger partial charge in [-0.2, -0.15) is 0 Å². The van der Waals surface area contributed by atoms with Gasteiger partial charge in [-0.3, -0.25) is 0 Å². The molecule has 1 N–H and O–H groups in total. The minimum atomic E-state index is -0.334. The number of aliphatic hydroxyl groups excluding tert-OH is 1. The summed E-state index contributed by atoms with van der Waals surface area (Å²) in [5.74, 6) is 0.655. The zero-order chi connectivity index (χ0) is 15.1. The highest BCUT2D eigenvalue weighted by Crippen LogP contribution is 2.32. The van der Waals surface area contributed by atoms with Crippen LogP contribution in [-0.2, 0) is 0 Å². The van der Waals surface area contributed by atoms with E-state index in [2.05, 4.69) is 62.4 Å². The molecule has 0 aliphatic heterocycles. The van der Waals surface area contributed by atoms with Gasteiger partial charge in [0.15, 0.2) is 0 Å². The van der Waals surface area contributed by atoms with E-state index in [4.69, 9.17) is 0 Å². The van der Waals surface area contributed by atoms with Gasteiger partial charge in [0.2, 0.25) is 0 Å². The predicted octanol–water partition coefficient (Wildman–Crippen LogP) is 5.01. The van der Waals surface area contributed by atoms with Gasteiger partial charge in [-0.15, -0.1) is 0 Å². The Morgan fingerprint density at radius 3 is 1.57 bits per heavy atom. The minimum absolute atomic E-state index is 0.0630. The van der Waals surface area contributed by atoms with Crippen molar-refractivity contribution in [2.45, 2.75) is 45.1 Å². The normalized spacial score (nSPS) is 12.8. The van der Waals surface area contributed by atoms with Crippen LogP contribution in [0.15, 0.2) is 60.7 Å². The molecule has 1 nitrogen and oxygen atoms in total. The number of rotatable bonds is 7. The van der Waals surface area contributed by atoms with Crippen molar-refractivity contribution in [3.05, 3.63) is 71.8 Å². The van der Waals surface area contributed by atoms with Crippen molar-refractivity contribution >= 4 is 0 Å². The Balaban J connectivity index is 2.28. The van der Waals surface area contributed by atoms with E-state index in [1.54, 1.807) is 0 Å². The lowest BCUT2D eigenvalue weighted by Crippen LogP contribution is -2.22. The maximum atomic E-state index is 10.8. The topological polar surface area (TPSA) is 20.2 Å². The second-order valence-corrected chi connectivity index (χ2v) is 5.78. The van der Waals surface area contributed by atoms with Crippen LogP contribution in [0.1, 0.15) is 50.2 Å². The number of hydrogen-bond acceptors (Lipinski definition) is 1. The molecule has 0 amide bonds. The lowest BCUT2D eigenvalue weighted by Gasteiger charge is -2.27. The monoisotopic (exact) mass is 282 g/mol. The summed E-state index contributed by atoms with van der Waals surface area (Å²) in [6, 6.07) is 20.7. The zero-order valence-electron chi connectivity index (χ0n) is 13.1. The number of benzene rings is 2. The summed E-state index contributed by atoms with van der Waals surface area (Å²) in [5.41, 5.74) is 2.39. The predicted molar refractivity (Wildman–Crippen MR) is 89.4 cm³/mol. The van der Waals surface area contributed by atoms with Crippen molar-refractivity contribution in [3.63, 3.8) is 0 Å². The molecule has 2 aromatic rings. The third-order valence-corrected chi connectivity index (χ3v) is 4.43. The van der Waals surface area contributed by atoms with Crippen molar-refractivity contribution in [2.24, 2.45) is 5.92 Å². The maximum absolute atomic E-state index is 10.8. The molecule has 21 heavy (non-hydrogen) atoms. The summed E-state index contributed by atoms with van der Waals surface area (Å²) >= 11 is 0. The molecular weight excluding hydrogens is 256 g/mol. The summed E-state index contributed by atoms with van der Waals surface area (Å²) in [6.45, 7) is 4.42. The quantitative estimate of drug-likeness (QED) is 0.757. The first-order valence-corrected chi connectivity index (χ1v) is 8.04. The van der Waals surface area contributed by atoms with Crippen LogP contribution >= 0.6 is 0 Å². The van der Waals surface area contributed by atoms with E-state index in [-0.39, 0.29) is 12.0 Å². The molecule has 1 heteroatoms. The van der Waals surface area contributed by atoms with E-state index < -0.39 is 0 Å². The first-order chi connectivity index (χ1) is 10.3. The average molecular weight is 282 g/mol. The molecule has 0 radical (unpaired) electrons. The second-order valence-electron chi connectivity index (χ2n) is 5.78. The Bertz CT molecular complexity index is 462. The third-order valence-electron chi connectivity index (χ3n) is 4.43. The van der Waals surface area contributed by atoms with Crippen molar-refractivity contribution in [3.8, 4) is 0 Å². The molecule has 0 fully saturated rings. The molecule has 2 rings (SSSR count). The Labute approximate surface area is 128 Å². The van der Waals surface area contributed by atoms with Crippen molar-refractivity contribution in [1.82, 2.24) is 0 Å². The second kappa shape index (κ2) is 7.99. The highest BCUT2D eigenvalue weighted by molar-refractivity contribution is 5.33. The van der Waals surface area contributed by atoms with E-state index in [0.717, 1.165) is 19.3 Å². The molecule has 0 heterocycles. The van der Waals surface area contributed by atoms with Gasteiger partial charge < -0.3 is 5.11 Å². The smallest absolute Gasteiger partial charge is 0.0651 e. The van der Waals surface area contributed by atoms with Gasteiger partial charge in [-0.1, -0.05) is 87.4 Å². The average Bonchev–Trinajstić information content (AvgIpc) is 2.55. The van der Waals surface area contributed by atoms with Crippen LogP contribution in [0.2, 0.25) is 0 Å². The fourth-order valence-electron chi connectivity index (χ4n) is 3.06. The molecule has 1 atom stereocenters. The Morgan fingerprint density at radius 2 is 1.19 bits per heavy atom. The molecule has 1 unspecified atom stereocenters. The van der Waals surface area contributed by atoms with E-state index in [1.165, 1.54) is 11.1 Å². The standard InChI is InChI=1S/C20H26O/c1-3-16(4-2)15-19(21)20(17-11-7-5-8-12-17)18-13-9-6-10-14-18/h5-14,16,19-21H,3-4,15H2,1-2H3. The minimum Gasteiger partial charge on any atom is -0.392 e. The van der Waals surface area contributed by atoms with E-state index in [0.29, 0.717) is 5.92 Å². The molecule has 0 bridgehead atoms. The summed E-state index contributed by atoms with van der Waals surface area (Å²) < 4.78 is 0. The lowest BCUT2D eigenvalue weighted by molar-refractivity contribution is 0.123. The molecule has 112 valence electrons. The van der Waals surface area contributed by atoms with Crippen molar-refractivity contribution in [2.75, 3.05) is 0 Å². The van der Waals surface area contributed by atoms with Gasteiger partial charge in [-0.05, 0) is 23.5 Å². The molecule has 0 aliphatic rings. The van der Waals surface area contributed by atoms with Gasteiger partial charge in [-0.25, -0.2) is 0 Å².